The van der Waals surface area contributed by atoms with Crippen molar-refractivity contribution in [2.45, 2.75) is 19.1 Å². The molecule has 0 spiro atoms. The number of carbonyl (C=O) groups excluding carboxylic acids is 1. The highest BCUT2D eigenvalue weighted by Crippen LogP contribution is 2.23. The summed E-state index contributed by atoms with van der Waals surface area (Å²) < 4.78 is 6.92. The fourth-order valence-electron chi connectivity index (χ4n) is 2.24. The summed E-state index contributed by atoms with van der Waals surface area (Å²) in [5, 5.41) is 23.3. The maximum Gasteiger partial charge on any atom is 0.315 e. The van der Waals surface area contributed by atoms with Crippen LogP contribution in [-0.2, 0) is 7.05 Å². The van der Waals surface area contributed by atoms with Crippen molar-refractivity contribution in [3.8, 4) is 5.75 Å². The lowest BCUT2D eigenvalue weighted by molar-refractivity contribution is 0.168. The van der Waals surface area contributed by atoms with Crippen LogP contribution in [0.2, 0.25) is 0 Å². The second-order valence-corrected chi connectivity index (χ2v) is 5.13. The minimum Gasteiger partial charge on any atom is -0.496 e. The van der Waals surface area contributed by atoms with Crippen LogP contribution < -0.4 is 15.4 Å². The van der Waals surface area contributed by atoms with E-state index in [0.29, 0.717) is 17.1 Å². The van der Waals surface area contributed by atoms with Gasteiger partial charge in [-0.25, -0.2) is 4.79 Å². The summed E-state index contributed by atoms with van der Waals surface area (Å²) >= 11 is 0. The standard InChI is InChI=1S/C15H21N5O3/c1-10(14-19-17-9-20(14)2)18-15(22)16-8-12(21)11-6-4-5-7-13(11)23-3/h4-7,9-10,12,21H,8H2,1-3H3,(H2,16,18,22). The third-order valence-electron chi connectivity index (χ3n) is 3.44. The zero-order valence-electron chi connectivity index (χ0n) is 13.4. The van der Waals surface area contributed by atoms with Gasteiger partial charge in [-0.3, -0.25) is 0 Å². The van der Waals surface area contributed by atoms with Crippen LogP contribution in [0, 0.1) is 0 Å². The number of benzene rings is 1. The Morgan fingerprint density at radius 1 is 1.43 bits per heavy atom. The van der Waals surface area contributed by atoms with Crippen LogP contribution in [0.1, 0.15) is 30.5 Å². The van der Waals surface area contributed by atoms with Gasteiger partial charge in [-0.05, 0) is 13.0 Å². The molecule has 1 heterocycles. The number of aliphatic hydroxyl groups excluding tert-OH is 1. The highest BCUT2D eigenvalue weighted by atomic mass is 16.5. The maximum absolute atomic E-state index is 11.9. The average molecular weight is 319 g/mol. The molecule has 2 atom stereocenters. The van der Waals surface area contributed by atoms with E-state index in [1.165, 1.54) is 7.11 Å². The monoisotopic (exact) mass is 319 g/mol. The van der Waals surface area contributed by atoms with Crippen molar-refractivity contribution >= 4 is 6.03 Å². The van der Waals surface area contributed by atoms with Crippen molar-refractivity contribution in [1.82, 2.24) is 25.4 Å². The van der Waals surface area contributed by atoms with Crippen molar-refractivity contribution in [3.63, 3.8) is 0 Å². The predicted octanol–water partition coefficient (Wildman–Crippen LogP) is 0.917. The number of nitrogens with zero attached hydrogens (tertiary/aromatic N) is 3. The predicted molar refractivity (Wildman–Crippen MR) is 83.9 cm³/mol. The molecular formula is C15H21N5O3. The largest absolute Gasteiger partial charge is 0.496 e. The molecule has 23 heavy (non-hydrogen) atoms. The first kappa shape index (κ1) is 16.8. The molecule has 2 unspecified atom stereocenters. The first-order valence-corrected chi connectivity index (χ1v) is 7.22. The van der Waals surface area contributed by atoms with E-state index in [0.717, 1.165) is 0 Å². The molecule has 0 aliphatic carbocycles. The molecule has 2 amide bonds. The minimum atomic E-state index is -0.859. The SMILES string of the molecule is COc1ccccc1C(O)CNC(=O)NC(C)c1nncn1C. The summed E-state index contributed by atoms with van der Waals surface area (Å²) in [6, 6.07) is 6.44. The Labute approximate surface area is 134 Å². The number of aryl methyl sites for hydroxylation is 1. The topological polar surface area (TPSA) is 101 Å². The highest BCUT2D eigenvalue weighted by molar-refractivity contribution is 5.74. The molecule has 0 aliphatic heterocycles. The van der Waals surface area contributed by atoms with Crippen molar-refractivity contribution in [3.05, 3.63) is 42.0 Å². The molecule has 0 saturated carbocycles. The number of urea groups is 1. The van der Waals surface area contributed by atoms with Crippen molar-refractivity contribution < 1.29 is 14.6 Å². The number of ether oxygens (including phenoxy) is 1. The number of carbonyl (C=O) groups is 1. The van der Waals surface area contributed by atoms with Crippen LogP contribution in [0.5, 0.6) is 5.75 Å². The van der Waals surface area contributed by atoms with E-state index in [9.17, 15) is 9.90 Å². The van der Waals surface area contributed by atoms with Crippen molar-refractivity contribution in [2.75, 3.05) is 13.7 Å². The lowest BCUT2D eigenvalue weighted by atomic mass is 10.1. The van der Waals surface area contributed by atoms with Gasteiger partial charge in [0.1, 0.15) is 12.1 Å². The third-order valence-corrected chi connectivity index (χ3v) is 3.44. The summed E-state index contributed by atoms with van der Waals surface area (Å²) in [5.74, 6) is 1.22. The van der Waals surface area contributed by atoms with Crippen molar-refractivity contribution in [2.24, 2.45) is 7.05 Å². The maximum atomic E-state index is 11.9. The molecule has 0 radical (unpaired) electrons. The summed E-state index contributed by atoms with van der Waals surface area (Å²) in [5.41, 5.74) is 0.622. The number of aromatic nitrogens is 3. The molecule has 8 nitrogen and oxygen atoms in total. The number of nitrogens with one attached hydrogen (secondary N) is 2. The molecule has 0 aliphatic rings. The minimum absolute atomic E-state index is 0.0672. The fraction of sp³-hybridized carbons (Fsp3) is 0.400. The van der Waals surface area contributed by atoms with Crippen molar-refractivity contribution in [1.29, 1.82) is 0 Å². The normalized spacial score (nSPS) is 13.2. The van der Waals surface area contributed by atoms with E-state index in [1.807, 2.05) is 6.07 Å². The van der Waals surface area contributed by atoms with Gasteiger partial charge in [0.25, 0.3) is 0 Å². The van der Waals surface area contributed by atoms with Gasteiger partial charge in [-0.2, -0.15) is 0 Å². The van der Waals surface area contributed by atoms with Crippen LogP contribution >= 0.6 is 0 Å². The lowest BCUT2D eigenvalue weighted by Gasteiger charge is -2.17. The highest BCUT2D eigenvalue weighted by Gasteiger charge is 2.16. The Bertz CT molecular complexity index is 658. The van der Waals surface area contributed by atoms with Crippen LogP contribution in [0.15, 0.2) is 30.6 Å². The van der Waals surface area contributed by atoms with E-state index < -0.39 is 12.1 Å². The number of hydrogen-bond donors (Lipinski definition) is 3. The fourth-order valence-corrected chi connectivity index (χ4v) is 2.24. The Morgan fingerprint density at radius 2 is 2.17 bits per heavy atom. The van der Waals surface area contributed by atoms with Crippen LogP contribution in [-0.4, -0.2) is 39.6 Å². The number of methoxy groups -OCH3 is 1. The Balaban J connectivity index is 1.88. The third kappa shape index (κ3) is 4.19. The number of aliphatic hydroxyl groups is 1. The molecule has 0 bridgehead atoms. The summed E-state index contributed by atoms with van der Waals surface area (Å²) in [6.07, 6.45) is 0.707. The summed E-state index contributed by atoms with van der Waals surface area (Å²) in [7, 11) is 3.34. The van der Waals surface area contributed by atoms with E-state index in [-0.39, 0.29) is 12.6 Å². The molecule has 3 N–H and O–H groups in total. The van der Waals surface area contributed by atoms with Gasteiger partial charge in [0.15, 0.2) is 5.82 Å². The quantitative estimate of drug-likeness (QED) is 0.735. The second-order valence-electron chi connectivity index (χ2n) is 5.13. The molecule has 0 fully saturated rings. The van der Waals surface area contributed by atoms with Gasteiger partial charge >= 0.3 is 6.03 Å². The Hall–Kier alpha value is -2.61. The number of hydrogen-bond acceptors (Lipinski definition) is 5. The average Bonchev–Trinajstić information content (AvgIpc) is 2.98. The molecule has 0 saturated heterocycles. The zero-order valence-corrected chi connectivity index (χ0v) is 13.4. The summed E-state index contributed by atoms with van der Waals surface area (Å²) in [4.78, 5) is 11.9. The van der Waals surface area contributed by atoms with Gasteiger partial charge < -0.3 is 25.0 Å². The van der Waals surface area contributed by atoms with E-state index in [4.69, 9.17) is 4.74 Å². The van der Waals surface area contributed by atoms with E-state index in [2.05, 4.69) is 20.8 Å². The molecule has 1 aromatic heterocycles. The van der Waals surface area contributed by atoms with E-state index >= 15 is 0 Å². The first-order valence-electron chi connectivity index (χ1n) is 7.22. The van der Waals surface area contributed by atoms with E-state index in [1.54, 1.807) is 43.1 Å². The first-order chi connectivity index (χ1) is 11.0. The van der Waals surface area contributed by atoms with Crippen LogP contribution in [0.3, 0.4) is 0 Å². The zero-order chi connectivity index (χ0) is 16.8. The van der Waals surface area contributed by atoms with Gasteiger partial charge in [0, 0.05) is 19.2 Å². The number of para-hydroxylation sites is 1. The van der Waals surface area contributed by atoms with Gasteiger partial charge in [0.05, 0.1) is 19.3 Å². The molecule has 2 aromatic rings. The Kier molecular flexibility index (Phi) is 5.53. The van der Waals surface area contributed by atoms with Gasteiger partial charge in [-0.15, -0.1) is 10.2 Å². The second kappa shape index (κ2) is 7.59. The molecule has 8 heteroatoms. The smallest absolute Gasteiger partial charge is 0.315 e. The lowest BCUT2D eigenvalue weighted by Crippen LogP contribution is -2.39. The number of rotatable bonds is 6. The van der Waals surface area contributed by atoms with Gasteiger partial charge in [0.2, 0.25) is 0 Å². The molecule has 124 valence electrons. The van der Waals surface area contributed by atoms with Gasteiger partial charge in [-0.1, -0.05) is 18.2 Å². The van der Waals surface area contributed by atoms with Crippen LogP contribution in [0.25, 0.3) is 0 Å². The van der Waals surface area contributed by atoms with Crippen LogP contribution in [0.4, 0.5) is 4.79 Å². The molecular weight excluding hydrogens is 298 g/mol. The Morgan fingerprint density at radius 3 is 2.83 bits per heavy atom. The number of amides is 2. The molecule has 2 rings (SSSR count). The molecule has 1 aromatic carbocycles. The summed E-state index contributed by atoms with van der Waals surface area (Å²) in [6.45, 7) is 1.87.